The van der Waals surface area contributed by atoms with Crippen LogP contribution in [0.5, 0.6) is 0 Å². The molecule has 2 amide bonds. The summed E-state index contributed by atoms with van der Waals surface area (Å²) in [6.07, 6.45) is 4.54. The van der Waals surface area contributed by atoms with Crippen LogP contribution in [-0.4, -0.2) is 29.5 Å². The van der Waals surface area contributed by atoms with Crippen molar-refractivity contribution >= 4 is 11.8 Å². The number of benzene rings is 1. The van der Waals surface area contributed by atoms with Gasteiger partial charge in [0, 0.05) is 18.8 Å². The number of hydrogen-bond donors (Lipinski definition) is 2. The van der Waals surface area contributed by atoms with Gasteiger partial charge >= 0.3 is 0 Å². The fourth-order valence-electron chi connectivity index (χ4n) is 3.99. The normalized spacial score (nSPS) is 19.4. The summed E-state index contributed by atoms with van der Waals surface area (Å²) in [7, 11) is 0. The van der Waals surface area contributed by atoms with E-state index in [4.69, 9.17) is 0 Å². The summed E-state index contributed by atoms with van der Waals surface area (Å²) < 4.78 is 14.5. The molecule has 1 aliphatic carbocycles. The van der Waals surface area contributed by atoms with Crippen LogP contribution in [0.2, 0.25) is 0 Å². The fourth-order valence-corrected chi connectivity index (χ4v) is 3.99. The molecule has 2 N–H and O–H groups in total. The minimum atomic E-state index is -1.03. The third kappa shape index (κ3) is 3.62. The van der Waals surface area contributed by atoms with Crippen LogP contribution in [0.4, 0.5) is 4.39 Å². The van der Waals surface area contributed by atoms with Crippen molar-refractivity contribution in [3.63, 3.8) is 0 Å². The number of imide groups is 1. The van der Waals surface area contributed by atoms with Crippen LogP contribution in [0.3, 0.4) is 0 Å². The lowest BCUT2D eigenvalue weighted by Crippen LogP contribution is -2.31. The number of carbonyl (C=O) groups excluding carboxylic acids is 2. The van der Waals surface area contributed by atoms with E-state index in [9.17, 15) is 14.0 Å². The smallest absolute Gasteiger partial charge is 0.259 e. The number of amides is 2. The van der Waals surface area contributed by atoms with Crippen molar-refractivity contribution in [3.8, 4) is 0 Å². The van der Waals surface area contributed by atoms with Crippen LogP contribution in [0.25, 0.3) is 0 Å². The van der Waals surface area contributed by atoms with Gasteiger partial charge in [-0.15, -0.1) is 0 Å². The van der Waals surface area contributed by atoms with Gasteiger partial charge in [0.2, 0.25) is 0 Å². The van der Waals surface area contributed by atoms with Gasteiger partial charge in [0.25, 0.3) is 11.8 Å². The van der Waals surface area contributed by atoms with Crippen molar-refractivity contribution in [1.29, 1.82) is 0 Å². The monoisotopic (exact) mass is 367 g/mol. The van der Waals surface area contributed by atoms with Crippen molar-refractivity contribution in [2.45, 2.75) is 44.3 Å². The molecule has 0 saturated carbocycles. The number of nitrogens with one attached hydrogen (secondary N) is 2. The lowest BCUT2D eigenvalue weighted by atomic mass is 9.91. The summed E-state index contributed by atoms with van der Waals surface area (Å²) in [5, 5.41) is 5.61. The number of halogens is 1. The van der Waals surface area contributed by atoms with Gasteiger partial charge < -0.3 is 5.32 Å². The number of fused-ring (bicyclic) bond motifs is 2. The van der Waals surface area contributed by atoms with E-state index in [-0.39, 0.29) is 24.4 Å². The lowest BCUT2D eigenvalue weighted by Gasteiger charge is -2.26. The van der Waals surface area contributed by atoms with E-state index in [0.717, 1.165) is 30.5 Å². The zero-order valence-electron chi connectivity index (χ0n) is 15.0. The first-order valence-electron chi connectivity index (χ1n) is 9.42. The van der Waals surface area contributed by atoms with Gasteiger partial charge in [-0.3, -0.25) is 19.9 Å². The summed E-state index contributed by atoms with van der Waals surface area (Å²) in [6, 6.07) is 9.28. The van der Waals surface area contributed by atoms with Crippen LogP contribution in [0, 0.1) is 0 Å². The molecular weight excluding hydrogens is 345 g/mol. The van der Waals surface area contributed by atoms with Crippen LogP contribution in [0.1, 0.15) is 62.8 Å². The molecule has 2 atom stereocenters. The minimum Gasteiger partial charge on any atom is -0.306 e. The molecule has 0 spiro atoms. The molecule has 0 radical (unpaired) electrons. The maximum Gasteiger partial charge on any atom is 0.259 e. The second-order valence-electron chi connectivity index (χ2n) is 7.16. The van der Waals surface area contributed by atoms with Crippen molar-refractivity contribution in [1.82, 2.24) is 15.6 Å². The lowest BCUT2D eigenvalue weighted by molar-refractivity contribution is 0.0879. The van der Waals surface area contributed by atoms with Gasteiger partial charge in [-0.2, -0.15) is 0 Å². The van der Waals surface area contributed by atoms with Gasteiger partial charge in [0.15, 0.2) is 0 Å². The molecule has 27 heavy (non-hydrogen) atoms. The third-order valence-corrected chi connectivity index (χ3v) is 5.36. The average Bonchev–Trinajstić information content (AvgIpc) is 2.99. The number of carbonyl (C=O) groups is 2. The Morgan fingerprint density at radius 3 is 3.00 bits per heavy atom. The number of aryl methyl sites for hydroxylation is 2. The summed E-state index contributed by atoms with van der Waals surface area (Å²) in [6.45, 7) is 0.251. The number of alkyl halides is 1. The van der Waals surface area contributed by atoms with Crippen molar-refractivity contribution in [2.24, 2.45) is 0 Å². The van der Waals surface area contributed by atoms with E-state index in [1.807, 2.05) is 6.07 Å². The summed E-state index contributed by atoms with van der Waals surface area (Å²) in [5.74, 6) is -0.761. The summed E-state index contributed by atoms with van der Waals surface area (Å²) in [5.41, 5.74) is 3.78. The highest BCUT2D eigenvalue weighted by Crippen LogP contribution is 2.28. The Bertz CT molecular complexity index is 883. The van der Waals surface area contributed by atoms with E-state index in [1.165, 1.54) is 5.56 Å². The molecule has 2 unspecified atom stereocenters. The maximum atomic E-state index is 14.5. The largest absolute Gasteiger partial charge is 0.306 e. The predicted octanol–water partition coefficient (Wildman–Crippen LogP) is 2.90. The second kappa shape index (κ2) is 7.56. The zero-order valence-corrected chi connectivity index (χ0v) is 15.0. The van der Waals surface area contributed by atoms with Crippen molar-refractivity contribution < 1.29 is 14.0 Å². The zero-order chi connectivity index (χ0) is 18.8. The van der Waals surface area contributed by atoms with Gasteiger partial charge in [-0.1, -0.05) is 18.2 Å². The molecule has 0 saturated heterocycles. The standard InChI is InChI=1S/C21H22FN3O2/c22-15(12-24-17-8-2-5-14-6-3-11-23-19(14)17)10-9-13-4-1-7-16-18(13)21(27)25-20(16)26/h1,3-4,6-7,11,15,17,24H,2,5,8-10,12H2,(H,25,26,27). The summed E-state index contributed by atoms with van der Waals surface area (Å²) in [4.78, 5) is 28.1. The Labute approximate surface area is 157 Å². The minimum absolute atomic E-state index is 0.0950. The molecule has 1 aliphatic heterocycles. The molecular formula is C21H22FN3O2. The highest BCUT2D eigenvalue weighted by atomic mass is 19.1. The SMILES string of the molecule is O=C1NC(=O)c2c(CCC(F)CNC3CCCc4cccnc43)cccc21. The topological polar surface area (TPSA) is 71.1 Å². The Kier molecular flexibility index (Phi) is 4.99. The Hall–Kier alpha value is -2.60. The molecule has 4 rings (SSSR count). The van der Waals surface area contributed by atoms with Crippen molar-refractivity contribution in [2.75, 3.05) is 6.54 Å². The van der Waals surface area contributed by atoms with Gasteiger partial charge in [0.05, 0.1) is 16.8 Å². The number of nitrogens with zero attached hydrogens (tertiary/aromatic N) is 1. The third-order valence-electron chi connectivity index (χ3n) is 5.36. The number of rotatable bonds is 6. The van der Waals surface area contributed by atoms with Crippen molar-refractivity contribution in [3.05, 3.63) is 64.5 Å². The molecule has 6 heteroatoms. The van der Waals surface area contributed by atoms with E-state index in [1.54, 1.807) is 24.4 Å². The average molecular weight is 367 g/mol. The van der Waals surface area contributed by atoms with Crippen LogP contribution in [0.15, 0.2) is 36.5 Å². The Balaban J connectivity index is 1.35. The molecule has 0 bridgehead atoms. The molecule has 2 aliphatic rings. The highest BCUT2D eigenvalue weighted by molar-refractivity contribution is 6.22. The summed E-state index contributed by atoms with van der Waals surface area (Å²) >= 11 is 0. The van der Waals surface area contributed by atoms with Gasteiger partial charge in [-0.05, 0) is 55.4 Å². The molecule has 2 aromatic rings. The maximum absolute atomic E-state index is 14.5. The molecule has 140 valence electrons. The van der Waals surface area contributed by atoms with Gasteiger partial charge in [0.1, 0.15) is 6.17 Å². The molecule has 0 fully saturated rings. The van der Waals surface area contributed by atoms with Gasteiger partial charge in [-0.25, -0.2) is 4.39 Å². The van der Waals surface area contributed by atoms with E-state index in [2.05, 4.69) is 21.7 Å². The Morgan fingerprint density at radius 2 is 2.11 bits per heavy atom. The second-order valence-corrected chi connectivity index (χ2v) is 7.16. The highest BCUT2D eigenvalue weighted by Gasteiger charge is 2.29. The molecule has 5 nitrogen and oxygen atoms in total. The number of aromatic nitrogens is 1. The quantitative estimate of drug-likeness (QED) is 0.770. The van der Waals surface area contributed by atoms with Crippen LogP contribution >= 0.6 is 0 Å². The molecule has 1 aromatic carbocycles. The first kappa shape index (κ1) is 17.8. The first-order valence-corrected chi connectivity index (χ1v) is 9.42. The van der Waals surface area contributed by atoms with E-state index in [0.29, 0.717) is 24.0 Å². The van der Waals surface area contributed by atoms with E-state index >= 15 is 0 Å². The predicted molar refractivity (Wildman–Crippen MR) is 99.4 cm³/mol. The van der Waals surface area contributed by atoms with Crippen LogP contribution < -0.4 is 10.6 Å². The van der Waals surface area contributed by atoms with E-state index < -0.39 is 6.17 Å². The number of pyridine rings is 1. The first-order chi connectivity index (χ1) is 13.1. The molecule has 1 aromatic heterocycles. The van der Waals surface area contributed by atoms with Crippen LogP contribution in [-0.2, 0) is 12.8 Å². The molecule has 2 heterocycles. The number of hydrogen-bond acceptors (Lipinski definition) is 4. The Morgan fingerprint density at radius 1 is 1.22 bits per heavy atom. The fraction of sp³-hybridized carbons (Fsp3) is 0.381.